The Morgan fingerprint density at radius 2 is 1.80 bits per heavy atom. The number of carbonyl (C=O) groups is 1. The summed E-state index contributed by atoms with van der Waals surface area (Å²) >= 11 is 1.55. The summed E-state index contributed by atoms with van der Waals surface area (Å²) in [7, 11) is 0. The molecule has 0 saturated heterocycles. The predicted molar refractivity (Wildman–Crippen MR) is 123 cm³/mol. The van der Waals surface area contributed by atoms with E-state index in [1.54, 1.807) is 36.2 Å². The molecule has 3 rings (SSSR count). The molecule has 0 radical (unpaired) electrons. The molecule has 30 heavy (non-hydrogen) atoms. The molecule has 0 fully saturated rings. The minimum absolute atomic E-state index is 0.150. The van der Waals surface area contributed by atoms with Gasteiger partial charge < -0.3 is 4.57 Å². The maximum Gasteiger partial charge on any atom is 0.250 e. The van der Waals surface area contributed by atoms with Crippen LogP contribution in [0.5, 0.6) is 0 Å². The molecule has 1 N–H and O–H groups in total. The van der Waals surface area contributed by atoms with Gasteiger partial charge in [0, 0.05) is 22.7 Å². The van der Waals surface area contributed by atoms with Crippen LogP contribution in [0.25, 0.3) is 5.69 Å². The van der Waals surface area contributed by atoms with Gasteiger partial charge in [-0.3, -0.25) is 4.79 Å². The van der Waals surface area contributed by atoms with Gasteiger partial charge in [0.1, 0.15) is 5.82 Å². The fourth-order valence-electron chi connectivity index (χ4n) is 3.54. The van der Waals surface area contributed by atoms with Crippen molar-refractivity contribution in [3.63, 3.8) is 0 Å². The molecule has 156 valence electrons. The Morgan fingerprint density at radius 3 is 2.50 bits per heavy atom. The lowest BCUT2D eigenvalue weighted by Crippen LogP contribution is -2.19. The van der Waals surface area contributed by atoms with E-state index in [0.29, 0.717) is 11.4 Å². The van der Waals surface area contributed by atoms with Crippen molar-refractivity contribution in [1.82, 2.24) is 9.99 Å². The summed E-state index contributed by atoms with van der Waals surface area (Å²) in [6.45, 7) is 7.97. The maximum absolute atomic E-state index is 14.2. The van der Waals surface area contributed by atoms with Gasteiger partial charge in [-0.1, -0.05) is 41.5 Å². The highest BCUT2D eigenvalue weighted by Crippen LogP contribution is 2.22. The molecule has 1 heterocycles. The summed E-state index contributed by atoms with van der Waals surface area (Å²) in [6.07, 6.45) is 1.60. The zero-order valence-corrected chi connectivity index (χ0v) is 18.5. The summed E-state index contributed by atoms with van der Waals surface area (Å²) in [4.78, 5) is 12.1. The number of benzene rings is 2. The van der Waals surface area contributed by atoms with Crippen molar-refractivity contribution in [3.05, 3.63) is 88.0 Å². The van der Waals surface area contributed by atoms with Crippen molar-refractivity contribution < 1.29 is 9.18 Å². The quantitative estimate of drug-likeness (QED) is 0.418. The largest absolute Gasteiger partial charge is 0.315 e. The first-order valence-corrected chi connectivity index (χ1v) is 10.9. The Labute approximate surface area is 181 Å². The molecule has 4 nitrogen and oxygen atoms in total. The molecule has 6 heteroatoms. The number of para-hydroxylation sites is 1. The van der Waals surface area contributed by atoms with E-state index < -0.39 is 0 Å². The zero-order chi connectivity index (χ0) is 21.7. The van der Waals surface area contributed by atoms with Crippen LogP contribution in [0.1, 0.15) is 33.6 Å². The van der Waals surface area contributed by atoms with Crippen LogP contribution in [-0.2, 0) is 10.5 Å². The maximum atomic E-state index is 14.2. The standard InChI is InChI=1S/C24H26FN3OS/c1-16-9-17(2)11-20(10-16)14-30-15-24(29)27-26-13-21-12-18(3)28(19(21)4)23-8-6-5-7-22(23)25/h5-13H,14-15H2,1-4H3,(H,27,29)/b26-13-. The van der Waals surface area contributed by atoms with Crippen LogP contribution in [0.4, 0.5) is 4.39 Å². The van der Waals surface area contributed by atoms with Crippen LogP contribution in [0, 0.1) is 33.5 Å². The van der Waals surface area contributed by atoms with E-state index in [4.69, 9.17) is 0 Å². The Bertz CT molecular complexity index is 1070. The average Bonchev–Trinajstić information content (AvgIpc) is 2.95. The number of aromatic nitrogens is 1. The number of nitrogens with zero attached hydrogens (tertiary/aromatic N) is 2. The third-order valence-electron chi connectivity index (χ3n) is 4.74. The molecular formula is C24H26FN3OS. The SMILES string of the molecule is Cc1cc(C)cc(CSCC(=O)N/N=C\c2cc(C)n(-c3ccccc3F)c2C)c1. The van der Waals surface area contributed by atoms with Gasteiger partial charge in [0.2, 0.25) is 5.91 Å². The van der Waals surface area contributed by atoms with Crippen LogP contribution in [-0.4, -0.2) is 22.4 Å². The van der Waals surface area contributed by atoms with Crippen molar-refractivity contribution in [3.8, 4) is 5.69 Å². The lowest BCUT2D eigenvalue weighted by molar-refractivity contribution is -0.118. The minimum atomic E-state index is -0.281. The highest BCUT2D eigenvalue weighted by Gasteiger charge is 2.12. The smallest absolute Gasteiger partial charge is 0.250 e. The molecule has 0 atom stereocenters. The highest BCUT2D eigenvalue weighted by molar-refractivity contribution is 7.99. The first kappa shape index (κ1) is 21.8. The van der Waals surface area contributed by atoms with E-state index in [0.717, 1.165) is 22.7 Å². The third-order valence-corrected chi connectivity index (χ3v) is 5.74. The number of aryl methyl sites for hydroxylation is 3. The second-order valence-corrected chi connectivity index (χ2v) is 8.38. The van der Waals surface area contributed by atoms with Crippen LogP contribution < -0.4 is 5.43 Å². The minimum Gasteiger partial charge on any atom is -0.315 e. The van der Waals surface area contributed by atoms with Crippen LogP contribution in [0.3, 0.4) is 0 Å². The number of amides is 1. The number of hydrazone groups is 1. The highest BCUT2D eigenvalue weighted by atomic mass is 32.2. The molecule has 0 spiro atoms. The Balaban J connectivity index is 1.57. The average molecular weight is 424 g/mol. The van der Waals surface area contributed by atoms with Gasteiger partial charge in [-0.25, -0.2) is 9.82 Å². The number of thioether (sulfide) groups is 1. The fourth-order valence-corrected chi connectivity index (χ4v) is 4.30. The van der Waals surface area contributed by atoms with Crippen molar-refractivity contribution in [2.45, 2.75) is 33.4 Å². The summed E-state index contributed by atoms with van der Waals surface area (Å²) < 4.78 is 16.0. The van der Waals surface area contributed by atoms with Gasteiger partial charge in [0.05, 0.1) is 17.7 Å². The second-order valence-electron chi connectivity index (χ2n) is 7.40. The van der Waals surface area contributed by atoms with Crippen LogP contribution in [0.15, 0.2) is 53.6 Å². The second kappa shape index (κ2) is 9.76. The van der Waals surface area contributed by atoms with Crippen molar-refractivity contribution in [2.75, 3.05) is 5.75 Å². The molecular weight excluding hydrogens is 397 g/mol. The molecule has 0 aliphatic heterocycles. The lowest BCUT2D eigenvalue weighted by atomic mass is 10.1. The van der Waals surface area contributed by atoms with Crippen LogP contribution >= 0.6 is 11.8 Å². The van der Waals surface area contributed by atoms with E-state index >= 15 is 0 Å². The molecule has 3 aromatic rings. The molecule has 0 unspecified atom stereocenters. The molecule has 0 saturated carbocycles. The Hall–Kier alpha value is -2.86. The fraction of sp³-hybridized carbons (Fsp3) is 0.250. The normalized spacial score (nSPS) is 11.2. The zero-order valence-electron chi connectivity index (χ0n) is 17.7. The van der Waals surface area contributed by atoms with Gasteiger partial charge in [-0.05, 0) is 51.5 Å². The predicted octanol–water partition coefficient (Wildman–Crippen LogP) is 5.23. The summed E-state index contributed by atoms with van der Waals surface area (Å²) in [5, 5.41) is 4.08. The number of nitrogens with one attached hydrogen (secondary N) is 1. The molecule has 0 aliphatic rings. The van der Waals surface area contributed by atoms with Gasteiger partial charge in [-0.15, -0.1) is 11.8 Å². The Morgan fingerprint density at radius 1 is 1.10 bits per heavy atom. The van der Waals surface area contributed by atoms with E-state index in [9.17, 15) is 9.18 Å². The molecule has 0 aliphatic carbocycles. The summed E-state index contributed by atoms with van der Waals surface area (Å²) in [5.41, 5.74) is 9.34. The molecule has 0 bridgehead atoms. The summed E-state index contributed by atoms with van der Waals surface area (Å²) in [6, 6.07) is 15.0. The monoisotopic (exact) mass is 423 g/mol. The molecule has 2 aromatic carbocycles. The third kappa shape index (κ3) is 5.39. The number of rotatable bonds is 7. The number of hydrogen-bond acceptors (Lipinski definition) is 3. The van der Waals surface area contributed by atoms with Gasteiger partial charge >= 0.3 is 0 Å². The molecule has 1 aromatic heterocycles. The number of hydrogen-bond donors (Lipinski definition) is 1. The van der Waals surface area contributed by atoms with Gasteiger partial charge in [0.25, 0.3) is 0 Å². The summed E-state index contributed by atoms with van der Waals surface area (Å²) in [5.74, 6) is 0.683. The van der Waals surface area contributed by atoms with Crippen molar-refractivity contribution >= 4 is 23.9 Å². The van der Waals surface area contributed by atoms with E-state index in [-0.39, 0.29) is 11.7 Å². The topological polar surface area (TPSA) is 46.4 Å². The molecule has 1 amide bonds. The number of halogens is 1. The van der Waals surface area contributed by atoms with Crippen molar-refractivity contribution in [2.24, 2.45) is 5.10 Å². The van der Waals surface area contributed by atoms with E-state index in [1.165, 1.54) is 22.8 Å². The van der Waals surface area contributed by atoms with Crippen LogP contribution in [0.2, 0.25) is 0 Å². The first-order valence-electron chi connectivity index (χ1n) is 9.76. The van der Waals surface area contributed by atoms with Gasteiger partial charge in [0.15, 0.2) is 0 Å². The van der Waals surface area contributed by atoms with E-state index in [1.807, 2.05) is 24.5 Å². The van der Waals surface area contributed by atoms with E-state index in [2.05, 4.69) is 42.6 Å². The van der Waals surface area contributed by atoms with Gasteiger partial charge in [-0.2, -0.15) is 5.10 Å². The van der Waals surface area contributed by atoms with Crippen molar-refractivity contribution in [1.29, 1.82) is 0 Å². The number of carbonyl (C=O) groups excluding carboxylic acids is 1. The first-order chi connectivity index (χ1) is 14.3. The Kier molecular flexibility index (Phi) is 7.11. The lowest BCUT2D eigenvalue weighted by Gasteiger charge is -2.10.